The number of benzene rings is 1. The Balaban J connectivity index is 1.34. The van der Waals surface area contributed by atoms with E-state index in [4.69, 9.17) is 9.47 Å². The van der Waals surface area contributed by atoms with Gasteiger partial charge in [-0.1, -0.05) is 6.07 Å². The lowest BCUT2D eigenvalue weighted by Gasteiger charge is -2.32. The summed E-state index contributed by atoms with van der Waals surface area (Å²) in [7, 11) is 1.54. The highest BCUT2D eigenvalue weighted by atomic mass is 32.1. The molecule has 0 unspecified atom stereocenters. The summed E-state index contributed by atoms with van der Waals surface area (Å²) in [5.74, 6) is 0.853. The molecule has 0 saturated carbocycles. The van der Waals surface area contributed by atoms with Gasteiger partial charge in [0.05, 0.1) is 12.0 Å². The highest BCUT2D eigenvalue weighted by Crippen LogP contribution is 2.35. The number of methoxy groups -OCH3 is 1. The van der Waals surface area contributed by atoms with Crippen molar-refractivity contribution in [3.63, 3.8) is 0 Å². The minimum Gasteiger partial charge on any atom is -0.447 e. The van der Waals surface area contributed by atoms with Crippen molar-refractivity contribution in [1.29, 1.82) is 0 Å². The number of piperidine rings is 1. The van der Waals surface area contributed by atoms with E-state index in [-0.39, 0.29) is 18.4 Å². The standard InChI is InChI=1S/C24H29N5O4S/c1-15-16(2)34-23-20(15)21(25-14-26-23)29-9-7-17(8-10-29)22(30)27-18-5-4-6-19(13-18)28-24(31)33-12-11-32-3/h4-6,13-14,17H,7-12H2,1-3H3,(H,27,30)(H,28,31). The number of carbonyl (C=O) groups excluding carboxylic acids is 2. The fourth-order valence-electron chi connectivity index (χ4n) is 4.05. The molecule has 9 nitrogen and oxygen atoms in total. The summed E-state index contributed by atoms with van der Waals surface area (Å²) in [6.45, 7) is 6.24. The van der Waals surface area contributed by atoms with Gasteiger partial charge in [0.1, 0.15) is 23.6 Å². The third-order valence-corrected chi connectivity index (χ3v) is 7.12. The fraction of sp³-hybridized carbons (Fsp3) is 0.417. The molecule has 1 fully saturated rings. The molecule has 1 aliphatic rings. The van der Waals surface area contributed by atoms with Crippen LogP contribution < -0.4 is 15.5 Å². The molecule has 0 atom stereocenters. The average Bonchev–Trinajstić information content (AvgIpc) is 3.13. The summed E-state index contributed by atoms with van der Waals surface area (Å²) in [4.78, 5) is 38.3. The Bertz CT molecular complexity index is 1170. The van der Waals surface area contributed by atoms with Crippen LogP contribution in [0.2, 0.25) is 0 Å². The number of thiophene rings is 1. The number of rotatable bonds is 7. The van der Waals surface area contributed by atoms with E-state index < -0.39 is 6.09 Å². The van der Waals surface area contributed by atoms with Crippen LogP contribution in [0.5, 0.6) is 0 Å². The first kappa shape index (κ1) is 23.9. The zero-order valence-corrected chi connectivity index (χ0v) is 20.4. The van der Waals surface area contributed by atoms with Gasteiger partial charge in [-0.15, -0.1) is 11.3 Å². The van der Waals surface area contributed by atoms with Crippen molar-refractivity contribution in [3.8, 4) is 0 Å². The summed E-state index contributed by atoms with van der Waals surface area (Å²) in [5.41, 5.74) is 2.40. The molecule has 1 aromatic carbocycles. The maximum atomic E-state index is 12.9. The largest absolute Gasteiger partial charge is 0.447 e. The van der Waals surface area contributed by atoms with Gasteiger partial charge in [-0.05, 0) is 50.5 Å². The van der Waals surface area contributed by atoms with Crippen molar-refractivity contribution in [2.24, 2.45) is 5.92 Å². The predicted octanol–water partition coefficient (Wildman–Crippen LogP) is 4.36. The Morgan fingerprint density at radius 3 is 2.59 bits per heavy atom. The minimum absolute atomic E-state index is 0.0186. The molecule has 180 valence electrons. The third-order valence-electron chi connectivity index (χ3n) is 6.01. The molecule has 1 aliphatic heterocycles. The zero-order valence-electron chi connectivity index (χ0n) is 19.6. The molecule has 10 heteroatoms. The first-order valence-corrected chi connectivity index (χ1v) is 12.1. The van der Waals surface area contributed by atoms with Crippen LogP contribution >= 0.6 is 11.3 Å². The van der Waals surface area contributed by atoms with E-state index in [1.807, 2.05) is 0 Å². The van der Waals surface area contributed by atoms with Crippen LogP contribution in [0.4, 0.5) is 22.0 Å². The highest BCUT2D eigenvalue weighted by molar-refractivity contribution is 7.18. The third kappa shape index (κ3) is 5.45. The molecule has 2 amide bonds. The summed E-state index contributed by atoms with van der Waals surface area (Å²) in [6.07, 6.45) is 2.54. The average molecular weight is 484 g/mol. The van der Waals surface area contributed by atoms with E-state index >= 15 is 0 Å². The normalized spacial score (nSPS) is 14.3. The second kappa shape index (κ2) is 10.8. The number of aryl methyl sites for hydroxylation is 2. The van der Waals surface area contributed by atoms with Crippen molar-refractivity contribution in [1.82, 2.24) is 9.97 Å². The molecule has 0 radical (unpaired) electrons. The monoisotopic (exact) mass is 483 g/mol. The first-order valence-electron chi connectivity index (χ1n) is 11.3. The van der Waals surface area contributed by atoms with Gasteiger partial charge in [-0.2, -0.15) is 0 Å². The molecule has 2 aromatic heterocycles. The van der Waals surface area contributed by atoms with E-state index in [9.17, 15) is 9.59 Å². The quantitative estimate of drug-likeness (QED) is 0.481. The molecule has 0 aliphatic carbocycles. The minimum atomic E-state index is -0.567. The van der Waals surface area contributed by atoms with Gasteiger partial charge >= 0.3 is 6.09 Å². The number of nitrogens with one attached hydrogen (secondary N) is 2. The SMILES string of the molecule is COCCOC(=O)Nc1cccc(NC(=O)C2CCN(c3ncnc4sc(C)c(C)c34)CC2)c1. The summed E-state index contributed by atoms with van der Waals surface area (Å²) in [5, 5.41) is 6.76. The maximum Gasteiger partial charge on any atom is 0.411 e. The number of hydrogen-bond donors (Lipinski definition) is 2. The van der Waals surface area contributed by atoms with Crippen LogP contribution in [0.1, 0.15) is 23.3 Å². The lowest BCUT2D eigenvalue weighted by atomic mass is 9.95. The van der Waals surface area contributed by atoms with Crippen molar-refractivity contribution >= 4 is 50.7 Å². The molecular weight excluding hydrogens is 454 g/mol. The number of carbonyl (C=O) groups is 2. The predicted molar refractivity (Wildman–Crippen MR) is 134 cm³/mol. The molecule has 3 aromatic rings. The van der Waals surface area contributed by atoms with Crippen molar-refractivity contribution in [2.75, 3.05) is 48.9 Å². The fourth-order valence-corrected chi connectivity index (χ4v) is 5.04. The van der Waals surface area contributed by atoms with E-state index in [2.05, 4.69) is 39.3 Å². The van der Waals surface area contributed by atoms with E-state index in [1.54, 1.807) is 41.9 Å². The van der Waals surface area contributed by atoms with Gasteiger partial charge in [0.2, 0.25) is 5.91 Å². The van der Waals surface area contributed by atoms with Crippen molar-refractivity contribution < 1.29 is 19.1 Å². The van der Waals surface area contributed by atoms with Gasteiger partial charge < -0.3 is 19.7 Å². The van der Waals surface area contributed by atoms with E-state index in [1.165, 1.54) is 17.6 Å². The number of nitrogens with zero attached hydrogens (tertiary/aromatic N) is 3. The van der Waals surface area contributed by atoms with Gasteiger partial charge in [0, 0.05) is 42.4 Å². The Kier molecular flexibility index (Phi) is 7.59. The zero-order chi connectivity index (χ0) is 24.1. The number of hydrogen-bond acceptors (Lipinski definition) is 8. The second-order valence-corrected chi connectivity index (χ2v) is 9.45. The lowest BCUT2D eigenvalue weighted by Crippen LogP contribution is -2.38. The lowest BCUT2D eigenvalue weighted by molar-refractivity contribution is -0.120. The van der Waals surface area contributed by atoms with Crippen LogP contribution in [0.15, 0.2) is 30.6 Å². The Hall–Kier alpha value is -3.24. The number of anilines is 3. The molecule has 0 spiro atoms. The van der Waals surface area contributed by atoms with E-state index in [0.29, 0.717) is 18.0 Å². The van der Waals surface area contributed by atoms with Gasteiger partial charge in [-0.25, -0.2) is 14.8 Å². The number of ether oxygens (including phenoxy) is 2. The second-order valence-electron chi connectivity index (χ2n) is 8.25. The summed E-state index contributed by atoms with van der Waals surface area (Å²) < 4.78 is 9.87. The van der Waals surface area contributed by atoms with Crippen molar-refractivity contribution in [2.45, 2.75) is 26.7 Å². The molecule has 4 rings (SSSR count). The molecule has 3 heterocycles. The Morgan fingerprint density at radius 1 is 1.12 bits per heavy atom. The maximum absolute atomic E-state index is 12.9. The van der Waals surface area contributed by atoms with Crippen LogP contribution in [-0.2, 0) is 14.3 Å². The Labute approximate surface area is 202 Å². The smallest absolute Gasteiger partial charge is 0.411 e. The molecular formula is C24H29N5O4S. The number of aromatic nitrogens is 2. The van der Waals surface area contributed by atoms with E-state index in [0.717, 1.165) is 42.0 Å². The molecule has 2 N–H and O–H groups in total. The highest BCUT2D eigenvalue weighted by Gasteiger charge is 2.27. The van der Waals surface area contributed by atoms with Crippen molar-refractivity contribution in [3.05, 3.63) is 41.0 Å². The van der Waals surface area contributed by atoms with Crippen LogP contribution in [0, 0.1) is 19.8 Å². The number of fused-ring (bicyclic) bond motifs is 1. The molecule has 34 heavy (non-hydrogen) atoms. The van der Waals surface area contributed by atoms with Crippen LogP contribution in [-0.4, -0.2) is 55.4 Å². The van der Waals surface area contributed by atoms with Crippen LogP contribution in [0.25, 0.3) is 10.2 Å². The summed E-state index contributed by atoms with van der Waals surface area (Å²) in [6, 6.07) is 7.02. The Morgan fingerprint density at radius 2 is 1.85 bits per heavy atom. The van der Waals surface area contributed by atoms with Crippen LogP contribution in [0.3, 0.4) is 0 Å². The molecule has 1 saturated heterocycles. The summed E-state index contributed by atoms with van der Waals surface area (Å²) >= 11 is 1.69. The van der Waals surface area contributed by atoms with Gasteiger partial charge in [0.15, 0.2) is 0 Å². The van der Waals surface area contributed by atoms with Gasteiger partial charge in [-0.3, -0.25) is 10.1 Å². The first-order chi connectivity index (χ1) is 16.5. The molecule has 0 bridgehead atoms. The topological polar surface area (TPSA) is 106 Å². The van der Waals surface area contributed by atoms with Gasteiger partial charge in [0.25, 0.3) is 0 Å². The number of amides is 2.